The van der Waals surface area contributed by atoms with Gasteiger partial charge in [0.05, 0.1) is 24.9 Å². The molecule has 1 aliphatic carbocycles. The molecule has 3 heterocycles. The number of amides is 4. The number of hydrogen-bond acceptors (Lipinski definition) is 10. The average molecular weight is 769 g/mol. The van der Waals surface area contributed by atoms with Crippen molar-refractivity contribution in [3.05, 3.63) is 78.8 Å². The minimum atomic E-state index is -1.28. The summed E-state index contributed by atoms with van der Waals surface area (Å²) < 4.78 is 17.7. The van der Waals surface area contributed by atoms with E-state index in [0.717, 1.165) is 10.9 Å². The summed E-state index contributed by atoms with van der Waals surface area (Å²) in [5.41, 5.74) is -0.674. The second-order valence-corrected chi connectivity index (χ2v) is 16.9. The lowest BCUT2D eigenvalue weighted by Gasteiger charge is -2.36. The first-order chi connectivity index (χ1) is 26.0. The fourth-order valence-electron chi connectivity index (χ4n) is 6.78. The van der Waals surface area contributed by atoms with Crippen LogP contribution in [0, 0.1) is 11.3 Å². The highest BCUT2D eigenvalue weighted by molar-refractivity contribution is 7.13. The number of alkyl carbamates (subject to hydrolysis) is 1. The summed E-state index contributed by atoms with van der Waals surface area (Å²) in [6, 6.07) is 14.9. The van der Waals surface area contributed by atoms with E-state index < -0.39 is 58.6 Å². The Balaban J connectivity index is 1.34. The standard InChI is InChI=1S/C41H48N6O7S/c1-9-25-22-41(25,36(50)45-37-42-17-18-55-37)46-34(48)31-20-27(23-47(31)35(49)33(39(2,3)4)44-38(51)54-40(5,6)7)53-32-21-29(24-13-11-10-12-14-24)43-30-19-26(52-8)15-16-28(30)32/h9-19,21,25,27,31,33H,1,20,22-23H2,2-8H3,(H,44,51)(H,46,48)(H,42,45,50)/t25-,27-,31+,33-,41-/m1/s1. The molecular formula is C41H48N6O7S. The quantitative estimate of drug-likeness (QED) is 0.148. The predicted molar refractivity (Wildman–Crippen MR) is 211 cm³/mol. The van der Waals surface area contributed by atoms with Gasteiger partial charge in [0.2, 0.25) is 11.8 Å². The molecule has 14 heteroatoms. The number of thiazole rings is 1. The number of methoxy groups -OCH3 is 1. The molecule has 0 bridgehead atoms. The molecule has 1 saturated carbocycles. The van der Waals surface area contributed by atoms with Crippen molar-refractivity contribution >= 4 is 51.2 Å². The van der Waals surface area contributed by atoms with Crippen LogP contribution >= 0.6 is 11.3 Å². The van der Waals surface area contributed by atoms with Gasteiger partial charge in [-0.25, -0.2) is 14.8 Å². The van der Waals surface area contributed by atoms with E-state index in [2.05, 4.69) is 27.5 Å². The Bertz CT molecular complexity index is 2080. The van der Waals surface area contributed by atoms with Gasteiger partial charge < -0.3 is 29.7 Å². The summed E-state index contributed by atoms with van der Waals surface area (Å²) in [7, 11) is 1.59. The number of aromatic nitrogens is 2. The molecule has 13 nitrogen and oxygen atoms in total. The van der Waals surface area contributed by atoms with Crippen LogP contribution in [-0.2, 0) is 19.1 Å². The largest absolute Gasteiger partial charge is 0.497 e. The lowest BCUT2D eigenvalue weighted by atomic mass is 9.85. The zero-order valence-corrected chi connectivity index (χ0v) is 33.0. The summed E-state index contributed by atoms with van der Waals surface area (Å²) in [5.74, 6) is -0.634. The Kier molecular flexibility index (Phi) is 10.9. The van der Waals surface area contributed by atoms with E-state index in [4.69, 9.17) is 19.2 Å². The number of likely N-dealkylation sites (tertiary alicyclic amines) is 1. The van der Waals surface area contributed by atoms with Gasteiger partial charge in [0.25, 0.3) is 5.91 Å². The molecule has 2 aromatic carbocycles. The third-order valence-corrected chi connectivity index (χ3v) is 10.4. The molecule has 2 aromatic heterocycles. The second-order valence-electron chi connectivity index (χ2n) is 16.0. The van der Waals surface area contributed by atoms with Gasteiger partial charge in [-0.2, -0.15) is 0 Å². The summed E-state index contributed by atoms with van der Waals surface area (Å²) in [5, 5.41) is 11.4. The summed E-state index contributed by atoms with van der Waals surface area (Å²) >= 11 is 1.26. The highest BCUT2D eigenvalue weighted by Crippen LogP contribution is 2.46. The number of carbonyl (C=O) groups is 4. The van der Waals surface area contributed by atoms with E-state index in [9.17, 15) is 19.2 Å². The van der Waals surface area contributed by atoms with Crippen LogP contribution in [0.2, 0.25) is 0 Å². The van der Waals surface area contributed by atoms with Gasteiger partial charge in [-0.3, -0.25) is 19.7 Å². The highest BCUT2D eigenvalue weighted by Gasteiger charge is 2.61. The molecule has 1 aliphatic heterocycles. The van der Waals surface area contributed by atoms with Gasteiger partial charge in [-0.05, 0) is 44.7 Å². The number of hydrogen-bond donors (Lipinski definition) is 3. The fraction of sp³-hybridized carbons (Fsp3) is 0.415. The lowest BCUT2D eigenvalue weighted by Crippen LogP contribution is -2.59. The Morgan fingerprint density at radius 1 is 1.05 bits per heavy atom. The monoisotopic (exact) mass is 768 g/mol. The Hall–Kier alpha value is -5.50. The molecular weight excluding hydrogens is 721 g/mol. The van der Waals surface area contributed by atoms with E-state index in [1.807, 2.05) is 75.4 Å². The van der Waals surface area contributed by atoms with Crippen molar-refractivity contribution in [3.63, 3.8) is 0 Å². The zero-order chi connectivity index (χ0) is 39.7. The number of benzene rings is 2. The molecule has 5 atom stereocenters. The maximum absolute atomic E-state index is 14.7. The number of nitrogens with zero attached hydrogens (tertiary/aromatic N) is 3. The SMILES string of the molecule is C=C[C@@H]1C[C@]1(NC(=O)[C@@H]1C[C@@H](Oc2cc(-c3ccccc3)nc3cc(OC)ccc23)CN1C(=O)[C@@H](NC(=O)OC(C)(C)C)C(C)(C)C)C(=O)Nc1nccs1. The third kappa shape index (κ3) is 8.75. The van der Waals surface area contributed by atoms with Crippen LogP contribution in [0.25, 0.3) is 22.2 Å². The highest BCUT2D eigenvalue weighted by atomic mass is 32.1. The number of pyridine rings is 1. The maximum Gasteiger partial charge on any atom is 0.408 e. The van der Waals surface area contributed by atoms with Crippen molar-refractivity contribution in [1.82, 2.24) is 25.5 Å². The van der Waals surface area contributed by atoms with Gasteiger partial charge in [-0.1, -0.05) is 57.2 Å². The van der Waals surface area contributed by atoms with Gasteiger partial charge in [0.15, 0.2) is 5.13 Å². The fourth-order valence-corrected chi connectivity index (χ4v) is 7.31. The molecule has 4 amide bonds. The minimum absolute atomic E-state index is 0.0172. The molecule has 1 saturated heterocycles. The third-order valence-electron chi connectivity index (χ3n) is 9.67. The first-order valence-corrected chi connectivity index (χ1v) is 19.1. The van der Waals surface area contributed by atoms with Crippen molar-refractivity contribution in [2.75, 3.05) is 19.0 Å². The predicted octanol–water partition coefficient (Wildman–Crippen LogP) is 6.35. The lowest BCUT2D eigenvalue weighted by molar-refractivity contribution is -0.142. The minimum Gasteiger partial charge on any atom is -0.497 e. The smallest absolute Gasteiger partial charge is 0.408 e. The number of anilines is 1. The average Bonchev–Trinajstić information content (AvgIpc) is 3.39. The van der Waals surface area contributed by atoms with Crippen LogP contribution in [0.4, 0.5) is 9.93 Å². The van der Waals surface area contributed by atoms with E-state index in [1.165, 1.54) is 16.2 Å². The van der Waals surface area contributed by atoms with Crippen molar-refractivity contribution in [3.8, 4) is 22.8 Å². The normalized spacial score (nSPS) is 21.3. The van der Waals surface area contributed by atoms with Gasteiger partial charge >= 0.3 is 6.09 Å². The first kappa shape index (κ1) is 39.2. The zero-order valence-electron chi connectivity index (χ0n) is 32.2. The Morgan fingerprint density at radius 2 is 1.80 bits per heavy atom. The molecule has 2 fully saturated rings. The topological polar surface area (TPSA) is 161 Å². The summed E-state index contributed by atoms with van der Waals surface area (Å²) in [6.07, 6.45) is 2.23. The van der Waals surface area contributed by atoms with Gasteiger partial charge in [0, 0.05) is 47.0 Å². The van der Waals surface area contributed by atoms with Crippen molar-refractivity contribution in [1.29, 1.82) is 0 Å². The molecule has 0 radical (unpaired) electrons. The van der Waals surface area contributed by atoms with Crippen molar-refractivity contribution in [2.45, 2.75) is 83.7 Å². The second kappa shape index (κ2) is 15.3. The van der Waals surface area contributed by atoms with Crippen LogP contribution in [0.3, 0.4) is 0 Å². The molecule has 6 rings (SSSR count). The van der Waals surface area contributed by atoms with Gasteiger partial charge in [0.1, 0.15) is 40.8 Å². The molecule has 2 aliphatic rings. The van der Waals surface area contributed by atoms with E-state index in [1.54, 1.807) is 45.5 Å². The maximum atomic E-state index is 14.7. The van der Waals surface area contributed by atoms with Crippen LogP contribution in [-0.4, -0.2) is 81.7 Å². The summed E-state index contributed by atoms with van der Waals surface area (Å²) in [6.45, 7) is 14.6. The van der Waals surface area contributed by atoms with Crippen LogP contribution in [0.15, 0.2) is 78.8 Å². The van der Waals surface area contributed by atoms with Crippen LogP contribution < -0.4 is 25.4 Å². The molecule has 55 heavy (non-hydrogen) atoms. The number of carbonyl (C=O) groups excluding carboxylic acids is 4. The molecule has 290 valence electrons. The van der Waals surface area contributed by atoms with Crippen LogP contribution in [0.5, 0.6) is 11.5 Å². The molecule has 4 aromatic rings. The summed E-state index contributed by atoms with van der Waals surface area (Å²) in [4.78, 5) is 66.3. The Labute approximate surface area is 324 Å². The molecule has 3 N–H and O–H groups in total. The van der Waals surface area contributed by atoms with E-state index >= 15 is 0 Å². The number of rotatable bonds is 11. The Morgan fingerprint density at radius 3 is 2.42 bits per heavy atom. The van der Waals surface area contributed by atoms with E-state index in [-0.39, 0.29) is 18.9 Å². The molecule has 0 spiro atoms. The van der Waals surface area contributed by atoms with Crippen LogP contribution in [0.1, 0.15) is 54.4 Å². The van der Waals surface area contributed by atoms with E-state index in [0.29, 0.717) is 34.3 Å². The number of nitrogens with one attached hydrogen (secondary N) is 3. The number of fused-ring (bicyclic) bond motifs is 1. The van der Waals surface area contributed by atoms with Crippen molar-refractivity contribution in [2.24, 2.45) is 11.3 Å². The van der Waals surface area contributed by atoms with Crippen molar-refractivity contribution < 1.29 is 33.4 Å². The van der Waals surface area contributed by atoms with Gasteiger partial charge in [-0.15, -0.1) is 17.9 Å². The molecule has 0 unspecified atom stereocenters. The number of ether oxygens (including phenoxy) is 3. The first-order valence-electron chi connectivity index (χ1n) is 18.2.